The molecule has 0 bridgehead atoms. The maximum Gasteiger partial charge on any atom is 0.277 e. The van der Waals surface area contributed by atoms with Gasteiger partial charge in [-0.2, -0.15) is 5.10 Å². The Labute approximate surface area is 159 Å². The molecule has 0 radical (unpaired) electrons. The van der Waals surface area contributed by atoms with Crippen molar-refractivity contribution in [1.82, 2.24) is 5.43 Å². The number of phenolic OH excluding ortho intramolecular Hbond substituents is 1. The lowest BCUT2D eigenvalue weighted by Gasteiger charge is -2.21. The molecule has 27 heavy (non-hydrogen) atoms. The number of anilines is 1. The van der Waals surface area contributed by atoms with Gasteiger partial charge in [0, 0.05) is 30.4 Å². The first-order chi connectivity index (χ1) is 13.1. The van der Waals surface area contributed by atoms with Crippen LogP contribution in [0.15, 0.2) is 47.6 Å². The predicted molar refractivity (Wildman–Crippen MR) is 106 cm³/mol. The normalized spacial score (nSPS) is 10.6. The molecule has 0 saturated carbocycles. The lowest BCUT2D eigenvalue weighted by Crippen LogP contribution is -2.24. The lowest BCUT2D eigenvalue weighted by molar-refractivity contribution is -0.123. The average molecular weight is 371 g/mol. The quantitative estimate of drug-likeness (QED) is 0.523. The van der Waals surface area contributed by atoms with Crippen LogP contribution in [-0.2, 0) is 4.79 Å². The number of ether oxygens (including phenoxy) is 2. The second-order valence-electron chi connectivity index (χ2n) is 5.67. The van der Waals surface area contributed by atoms with E-state index in [-0.39, 0.29) is 12.4 Å². The summed E-state index contributed by atoms with van der Waals surface area (Å²) >= 11 is 0. The summed E-state index contributed by atoms with van der Waals surface area (Å²) in [6.07, 6.45) is 1.40. The molecule has 0 aliphatic heterocycles. The first-order valence-corrected chi connectivity index (χ1v) is 8.74. The third kappa shape index (κ3) is 5.91. The van der Waals surface area contributed by atoms with Crippen LogP contribution in [0, 0.1) is 0 Å². The summed E-state index contributed by atoms with van der Waals surface area (Å²) in [5.41, 5.74) is 3.82. The highest BCUT2D eigenvalue weighted by atomic mass is 16.5. The molecule has 0 aliphatic rings. The minimum Gasteiger partial charge on any atom is -0.507 e. The molecule has 1 amide bonds. The third-order valence-corrected chi connectivity index (χ3v) is 3.96. The Bertz CT molecular complexity index is 771. The molecular weight excluding hydrogens is 346 g/mol. The summed E-state index contributed by atoms with van der Waals surface area (Å²) in [6, 6.07) is 12.3. The van der Waals surface area contributed by atoms with Crippen molar-refractivity contribution < 1.29 is 19.4 Å². The van der Waals surface area contributed by atoms with Crippen molar-refractivity contribution in [2.75, 3.05) is 31.7 Å². The van der Waals surface area contributed by atoms with Crippen molar-refractivity contribution >= 4 is 17.8 Å². The zero-order valence-corrected chi connectivity index (χ0v) is 15.8. The number of rotatable bonds is 9. The molecule has 0 saturated heterocycles. The molecule has 2 N–H and O–H groups in total. The van der Waals surface area contributed by atoms with Gasteiger partial charge in [0.2, 0.25) is 0 Å². The molecule has 2 rings (SSSR count). The Morgan fingerprint density at radius 1 is 1.15 bits per heavy atom. The number of benzene rings is 2. The molecule has 0 aromatic heterocycles. The largest absolute Gasteiger partial charge is 0.507 e. The van der Waals surface area contributed by atoms with E-state index in [0.717, 1.165) is 18.8 Å². The summed E-state index contributed by atoms with van der Waals surface area (Å²) in [7, 11) is 1.58. The number of hydrogen-bond donors (Lipinski definition) is 2. The van der Waals surface area contributed by atoms with Gasteiger partial charge in [-0.15, -0.1) is 0 Å². The highest BCUT2D eigenvalue weighted by molar-refractivity contribution is 5.86. The standard InChI is InChI=1S/C20H25N3O4/c1-4-23(5-2)16-7-6-15(19(24)12-16)13-21-22-20(25)14-27-18-10-8-17(26-3)9-11-18/h6-13,24H,4-5,14H2,1-3H3,(H,22,25). The molecule has 0 heterocycles. The fraction of sp³-hybridized carbons (Fsp3) is 0.300. The zero-order chi connectivity index (χ0) is 19.6. The molecule has 7 nitrogen and oxygen atoms in total. The van der Waals surface area contributed by atoms with Crippen molar-refractivity contribution in [3.63, 3.8) is 0 Å². The zero-order valence-electron chi connectivity index (χ0n) is 15.8. The van der Waals surface area contributed by atoms with Crippen LogP contribution in [-0.4, -0.2) is 44.0 Å². The number of hydrogen-bond acceptors (Lipinski definition) is 6. The van der Waals surface area contributed by atoms with Gasteiger partial charge in [-0.3, -0.25) is 4.79 Å². The minimum absolute atomic E-state index is 0.104. The van der Waals surface area contributed by atoms with Gasteiger partial charge in [-0.05, 0) is 50.2 Å². The Balaban J connectivity index is 1.85. The fourth-order valence-corrected chi connectivity index (χ4v) is 2.45. The van der Waals surface area contributed by atoms with E-state index < -0.39 is 5.91 Å². The van der Waals surface area contributed by atoms with Gasteiger partial charge in [-0.25, -0.2) is 5.43 Å². The van der Waals surface area contributed by atoms with E-state index in [1.165, 1.54) is 6.21 Å². The summed E-state index contributed by atoms with van der Waals surface area (Å²) in [6.45, 7) is 5.65. The number of hydrazone groups is 1. The number of methoxy groups -OCH3 is 1. The van der Waals surface area contributed by atoms with E-state index in [9.17, 15) is 9.90 Å². The highest BCUT2D eigenvalue weighted by Gasteiger charge is 2.06. The molecule has 0 fully saturated rings. The Kier molecular flexibility index (Phi) is 7.49. The van der Waals surface area contributed by atoms with Crippen molar-refractivity contribution in [3.8, 4) is 17.2 Å². The molecule has 2 aromatic rings. The van der Waals surface area contributed by atoms with Crippen LogP contribution in [0.4, 0.5) is 5.69 Å². The summed E-state index contributed by atoms with van der Waals surface area (Å²) < 4.78 is 10.4. The average Bonchev–Trinajstić information content (AvgIpc) is 2.69. The van der Waals surface area contributed by atoms with E-state index >= 15 is 0 Å². The van der Waals surface area contributed by atoms with Gasteiger partial charge < -0.3 is 19.5 Å². The van der Waals surface area contributed by atoms with Gasteiger partial charge >= 0.3 is 0 Å². The number of carbonyl (C=O) groups is 1. The SMILES string of the molecule is CCN(CC)c1ccc(C=NNC(=O)COc2ccc(OC)cc2)c(O)c1. The molecule has 0 unspecified atom stereocenters. The van der Waals surface area contributed by atoms with Gasteiger partial charge in [0.05, 0.1) is 13.3 Å². The van der Waals surface area contributed by atoms with Gasteiger partial charge in [0.15, 0.2) is 6.61 Å². The number of amides is 1. The number of phenols is 1. The predicted octanol–water partition coefficient (Wildman–Crippen LogP) is 2.78. The summed E-state index contributed by atoms with van der Waals surface area (Å²) in [5.74, 6) is 0.969. The Hall–Kier alpha value is -3.22. The molecule has 0 aliphatic carbocycles. The minimum atomic E-state index is -0.402. The first kappa shape index (κ1) is 20.1. The second kappa shape index (κ2) is 10.1. The number of carbonyl (C=O) groups excluding carboxylic acids is 1. The first-order valence-electron chi connectivity index (χ1n) is 8.74. The van der Waals surface area contributed by atoms with E-state index in [0.29, 0.717) is 17.1 Å². The molecule has 2 aromatic carbocycles. The lowest BCUT2D eigenvalue weighted by atomic mass is 10.2. The van der Waals surface area contributed by atoms with Crippen molar-refractivity contribution in [3.05, 3.63) is 48.0 Å². The highest BCUT2D eigenvalue weighted by Crippen LogP contribution is 2.23. The van der Waals surface area contributed by atoms with Gasteiger partial charge in [0.25, 0.3) is 5.91 Å². The number of nitrogens with one attached hydrogen (secondary N) is 1. The molecule has 0 spiro atoms. The summed E-state index contributed by atoms with van der Waals surface area (Å²) in [5, 5.41) is 14.0. The van der Waals surface area contributed by atoms with Crippen LogP contribution in [0.25, 0.3) is 0 Å². The molecule has 144 valence electrons. The number of nitrogens with zero attached hydrogens (tertiary/aromatic N) is 2. The van der Waals surface area contributed by atoms with E-state index in [1.54, 1.807) is 43.5 Å². The summed E-state index contributed by atoms with van der Waals surface area (Å²) in [4.78, 5) is 13.9. The van der Waals surface area contributed by atoms with Crippen LogP contribution in [0.5, 0.6) is 17.2 Å². The second-order valence-corrected chi connectivity index (χ2v) is 5.67. The number of aromatic hydroxyl groups is 1. The van der Waals surface area contributed by atoms with E-state index in [1.807, 2.05) is 6.07 Å². The Morgan fingerprint density at radius 2 is 1.81 bits per heavy atom. The van der Waals surface area contributed by atoms with E-state index in [4.69, 9.17) is 9.47 Å². The van der Waals surface area contributed by atoms with Crippen LogP contribution in [0.2, 0.25) is 0 Å². The van der Waals surface area contributed by atoms with Gasteiger partial charge in [-0.1, -0.05) is 0 Å². The topological polar surface area (TPSA) is 83.4 Å². The van der Waals surface area contributed by atoms with Crippen LogP contribution in [0.3, 0.4) is 0 Å². The smallest absolute Gasteiger partial charge is 0.277 e. The molecule has 0 atom stereocenters. The van der Waals surface area contributed by atoms with Crippen LogP contribution in [0.1, 0.15) is 19.4 Å². The molecular formula is C20H25N3O4. The van der Waals surface area contributed by atoms with Crippen LogP contribution < -0.4 is 19.8 Å². The van der Waals surface area contributed by atoms with E-state index in [2.05, 4.69) is 29.3 Å². The third-order valence-electron chi connectivity index (χ3n) is 3.96. The van der Waals surface area contributed by atoms with Crippen LogP contribution >= 0.6 is 0 Å². The maximum atomic E-state index is 11.8. The van der Waals surface area contributed by atoms with Crippen molar-refractivity contribution in [1.29, 1.82) is 0 Å². The van der Waals surface area contributed by atoms with Crippen molar-refractivity contribution in [2.24, 2.45) is 5.10 Å². The maximum absolute atomic E-state index is 11.8. The fourth-order valence-electron chi connectivity index (χ4n) is 2.45. The molecule has 7 heteroatoms. The van der Waals surface area contributed by atoms with Gasteiger partial charge in [0.1, 0.15) is 17.2 Å². The van der Waals surface area contributed by atoms with Crippen molar-refractivity contribution in [2.45, 2.75) is 13.8 Å². The monoisotopic (exact) mass is 371 g/mol. The Morgan fingerprint density at radius 3 is 2.41 bits per heavy atom.